The first-order valence-electron chi connectivity index (χ1n) is 5.63. The Labute approximate surface area is 106 Å². The third kappa shape index (κ3) is 4.04. The molecular formula is C12H19N3O3. The Hall–Kier alpha value is -2.11. The van der Waals surface area contributed by atoms with Gasteiger partial charge in [-0.05, 0) is 18.6 Å². The maximum Gasteiger partial charge on any atom is 0.142 e. The number of rotatable bonds is 7. The Bertz CT molecular complexity index is 408. The van der Waals surface area contributed by atoms with Crippen LogP contribution in [0.15, 0.2) is 23.4 Å². The summed E-state index contributed by atoms with van der Waals surface area (Å²) >= 11 is 0. The number of nitrogens with zero attached hydrogens (tertiary/aromatic N) is 1. The van der Waals surface area contributed by atoms with Crippen LogP contribution in [0.1, 0.15) is 12.8 Å². The summed E-state index contributed by atoms with van der Waals surface area (Å²) in [4.78, 5) is 0. The molecule has 0 fully saturated rings. The van der Waals surface area contributed by atoms with Crippen molar-refractivity contribution in [2.75, 3.05) is 26.1 Å². The Balaban J connectivity index is 2.54. The lowest BCUT2D eigenvalue weighted by Crippen LogP contribution is -2.13. The van der Waals surface area contributed by atoms with E-state index in [-0.39, 0.29) is 5.84 Å². The van der Waals surface area contributed by atoms with Crippen LogP contribution < -0.4 is 20.5 Å². The molecule has 0 spiro atoms. The largest absolute Gasteiger partial charge is 0.497 e. The minimum absolute atomic E-state index is 0.231. The number of nitrogens with one attached hydrogen (secondary N) is 1. The summed E-state index contributed by atoms with van der Waals surface area (Å²) in [6.07, 6.45) is 1.30. The second-order valence-electron chi connectivity index (χ2n) is 3.69. The molecule has 0 bridgehead atoms. The van der Waals surface area contributed by atoms with Crippen molar-refractivity contribution in [3.63, 3.8) is 0 Å². The molecule has 0 aliphatic heterocycles. The molecule has 1 aromatic rings. The number of amidine groups is 1. The number of hydrogen-bond donors (Lipinski definition) is 3. The number of ether oxygens (including phenoxy) is 2. The van der Waals surface area contributed by atoms with Crippen molar-refractivity contribution in [1.29, 1.82) is 0 Å². The number of anilines is 1. The van der Waals surface area contributed by atoms with Crippen molar-refractivity contribution < 1.29 is 14.7 Å². The Morgan fingerprint density at radius 1 is 1.39 bits per heavy atom. The predicted octanol–water partition coefficient (Wildman–Crippen LogP) is 1.64. The van der Waals surface area contributed by atoms with Crippen LogP contribution in [0, 0.1) is 0 Å². The standard InChI is InChI=1S/C12H19N3O3/c1-17-9-5-6-11(18-2)10(8-9)14-7-3-4-12(13)15-16/h5-6,8,14,16H,3-4,7H2,1-2H3,(H2,13,15). The molecule has 0 saturated carbocycles. The zero-order chi connectivity index (χ0) is 13.4. The van der Waals surface area contributed by atoms with Crippen molar-refractivity contribution in [3.8, 4) is 11.5 Å². The lowest BCUT2D eigenvalue weighted by Gasteiger charge is -2.12. The van der Waals surface area contributed by atoms with Crippen molar-refractivity contribution in [2.24, 2.45) is 10.9 Å². The lowest BCUT2D eigenvalue weighted by molar-refractivity contribution is 0.316. The first kappa shape index (κ1) is 14.0. The van der Waals surface area contributed by atoms with Crippen LogP contribution in [0.3, 0.4) is 0 Å². The molecule has 1 rings (SSSR count). The summed E-state index contributed by atoms with van der Waals surface area (Å²) in [5.41, 5.74) is 6.24. The summed E-state index contributed by atoms with van der Waals surface area (Å²) in [6, 6.07) is 5.54. The fraction of sp³-hybridized carbons (Fsp3) is 0.417. The van der Waals surface area contributed by atoms with E-state index >= 15 is 0 Å². The van der Waals surface area contributed by atoms with Gasteiger partial charge in [0.2, 0.25) is 0 Å². The average molecular weight is 253 g/mol. The van der Waals surface area contributed by atoms with E-state index in [0.29, 0.717) is 13.0 Å². The van der Waals surface area contributed by atoms with Gasteiger partial charge in [-0.25, -0.2) is 0 Å². The number of methoxy groups -OCH3 is 2. The van der Waals surface area contributed by atoms with Gasteiger partial charge in [0.25, 0.3) is 0 Å². The van der Waals surface area contributed by atoms with Crippen molar-refractivity contribution >= 4 is 11.5 Å². The van der Waals surface area contributed by atoms with Gasteiger partial charge in [-0.2, -0.15) is 0 Å². The number of benzene rings is 1. The van der Waals surface area contributed by atoms with Gasteiger partial charge in [0.1, 0.15) is 17.3 Å². The minimum Gasteiger partial charge on any atom is -0.497 e. The number of oxime groups is 1. The van der Waals surface area contributed by atoms with E-state index in [4.69, 9.17) is 20.4 Å². The maximum atomic E-state index is 8.41. The molecule has 1 aromatic carbocycles. The molecular weight excluding hydrogens is 234 g/mol. The molecule has 0 aliphatic carbocycles. The van der Waals surface area contributed by atoms with Gasteiger partial charge in [0, 0.05) is 19.0 Å². The minimum atomic E-state index is 0.231. The van der Waals surface area contributed by atoms with Crippen LogP contribution in [0.2, 0.25) is 0 Å². The highest BCUT2D eigenvalue weighted by Crippen LogP contribution is 2.28. The smallest absolute Gasteiger partial charge is 0.142 e. The first-order valence-corrected chi connectivity index (χ1v) is 5.63. The molecule has 0 amide bonds. The lowest BCUT2D eigenvalue weighted by atomic mass is 10.2. The van der Waals surface area contributed by atoms with Crippen LogP contribution in [-0.2, 0) is 0 Å². The van der Waals surface area contributed by atoms with Gasteiger partial charge in [0.05, 0.1) is 19.9 Å². The Kier molecular flexibility index (Phi) is 5.63. The van der Waals surface area contributed by atoms with E-state index in [0.717, 1.165) is 23.6 Å². The van der Waals surface area contributed by atoms with Crippen LogP contribution in [0.5, 0.6) is 11.5 Å². The first-order chi connectivity index (χ1) is 8.71. The molecule has 0 saturated heterocycles. The molecule has 100 valence electrons. The third-order valence-electron chi connectivity index (χ3n) is 2.46. The van der Waals surface area contributed by atoms with Gasteiger partial charge >= 0.3 is 0 Å². The van der Waals surface area contributed by atoms with Gasteiger partial charge < -0.3 is 25.7 Å². The molecule has 6 heteroatoms. The summed E-state index contributed by atoms with van der Waals surface area (Å²) in [6.45, 7) is 0.694. The maximum absolute atomic E-state index is 8.41. The van der Waals surface area contributed by atoms with Crippen LogP contribution in [-0.4, -0.2) is 31.8 Å². The Morgan fingerprint density at radius 2 is 2.17 bits per heavy atom. The van der Waals surface area contributed by atoms with Crippen molar-refractivity contribution in [3.05, 3.63) is 18.2 Å². The molecule has 0 aromatic heterocycles. The summed E-state index contributed by atoms with van der Waals surface area (Å²) in [5, 5.41) is 14.5. The predicted molar refractivity (Wildman–Crippen MR) is 70.7 cm³/mol. The molecule has 0 radical (unpaired) electrons. The van der Waals surface area contributed by atoms with E-state index in [1.165, 1.54) is 0 Å². The van der Waals surface area contributed by atoms with Gasteiger partial charge in [-0.15, -0.1) is 0 Å². The zero-order valence-electron chi connectivity index (χ0n) is 10.6. The summed E-state index contributed by atoms with van der Waals surface area (Å²) in [7, 11) is 3.23. The van der Waals surface area contributed by atoms with Gasteiger partial charge in [-0.1, -0.05) is 5.16 Å². The van der Waals surface area contributed by atoms with Crippen LogP contribution in [0.4, 0.5) is 5.69 Å². The second-order valence-corrected chi connectivity index (χ2v) is 3.69. The molecule has 4 N–H and O–H groups in total. The molecule has 0 heterocycles. The van der Waals surface area contributed by atoms with Crippen molar-refractivity contribution in [2.45, 2.75) is 12.8 Å². The fourth-order valence-electron chi connectivity index (χ4n) is 1.49. The SMILES string of the molecule is COc1ccc(OC)c(NCCCC(N)=NO)c1. The highest BCUT2D eigenvalue weighted by molar-refractivity contribution is 5.79. The zero-order valence-corrected chi connectivity index (χ0v) is 10.6. The normalized spacial score (nSPS) is 11.1. The van der Waals surface area contributed by atoms with E-state index in [9.17, 15) is 0 Å². The summed E-state index contributed by atoms with van der Waals surface area (Å²) in [5.74, 6) is 1.74. The highest BCUT2D eigenvalue weighted by Gasteiger charge is 2.04. The van der Waals surface area contributed by atoms with E-state index in [1.807, 2.05) is 18.2 Å². The topological polar surface area (TPSA) is 89.1 Å². The molecule has 18 heavy (non-hydrogen) atoms. The summed E-state index contributed by atoms with van der Waals surface area (Å²) < 4.78 is 10.4. The van der Waals surface area contributed by atoms with E-state index in [2.05, 4.69) is 10.5 Å². The molecule has 0 unspecified atom stereocenters. The highest BCUT2D eigenvalue weighted by atomic mass is 16.5. The monoisotopic (exact) mass is 253 g/mol. The third-order valence-corrected chi connectivity index (χ3v) is 2.46. The quantitative estimate of drug-likeness (QED) is 0.226. The van der Waals surface area contributed by atoms with Crippen LogP contribution in [0.25, 0.3) is 0 Å². The van der Waals surface area contributed by atoms with Gasteiger partial charge in [-0.3, -0.25) is 0 Å². The van der Waals surface area contributed by atoms with Crippen molar-refractivity contribution in [1.82, 2.24) is 0 Å². The molecule has 0 aliphatic rings. The van der Waals surface area contributed by atoms with E-state index in [1.54, 1.807) is 14.2 Å². The number of hydrogen-bond acceptors (Lipinski definition) is 5. The molecule has 0 atom stereocenters. The van der Waals surface area contributed by atoms with Crippen LogP contribution >= 0.6 is 0 Å². The molecule has 6 nitrogen and oxygen atoms in total. The number of nitrogens with two attached hydrogens (primary N) is 1. The Morgan fingerprint density at radius 3 is 2.78 bits per heavy atom. The average Bonchev–Trinajstić information content (AvgIpc) is 2.42. The fourth-order valence-corrected chi connectivity index (χ4v) is 1.49. The second kappa shape index (κ2) is 7.26. The van der Waals surface area contributed by atoms with Gasteiger partial charge in [0.15, 0.2) is 0 Å². The van der Waals surface area contributed by atoms with E-state index < -0.39 is 0 Å².